The molecule has 0 saturated carbocycles. The molecule has 0 N–H and O–H groups in total. The number of rotatable bonds is 3. The SMILES string of the molecule is COc1ccc(N2C(=O)C(C)(C)C(C#Cc3ccccc3)=CC2(C#N)c2ccccc2)cc1. The lowest BCUT2D eigenvalue weighted by atomic mass is 9.72. The molecule has 1 atom stereocenters. The number of carbonyl (C=O) groups is 1. The van der Waals surface area contributed by atoms with Crippen molar-refractivity contribution in [2.45, 2.75) is 19.4 Å². The Labute approximate surface area is 194 Å². The number of carbonyl (C=O) groups excluding carboxylic acids is 1. The summed E-state index contributed by atoms with van der Waals surface area (Å²) in [6.45, 7) is 3.70. The highest BCUT2D eigenvalue weighted by molar-refractivity contribution is 6.04. The lowest BCUT2D eigenvalue weighted by Gasteiger charge is -2.46. The number of anilines is 1. The van der Waals surface area contributed by atoms with Crippen LogP contribution in [0, 0.1) is 28.6 Å². The van der Waals surface area contributed by atoms with Crippen LogP contribution in [-0.4, -0.2) is 13.0 Å². The second kappa shape index (κ2) is 8.69. The molecular formula is C29H24N2O2. The zero-order valence-electron chi connectivity index (χ0n) is 18.9. The Morgan fingerprint density at radius 1 is 0.848 bits per heavy atom. The quantitative estimate of drug-likeness (QED) is 0.516. The van der Waals surface area contributed by atoms with Crippen molar-refractivity contribution in [1.82, 2.24) is 0 Å². The van der Waals surface area contributed by atoms with E-state index in [1.165, 1.54) is 0 Å². The third-order valence-corrected chi connectivity index (χ3v) is 5.95. The Morgan fingerprint density at radius 2 is 1.45 bits per heavy atom. The summed E-state index contributed by atoms with van der Waals surface area (Å²) in [5, 5.41) is 10.6. The van der Waals surface area contributed by atoms with E-state index < -0.39 is 11.0 Å². The molecule has 1 amide bonds. The summed E-state index contributed by atoms with van der Waals surface area (Å²) in [4.78, 5) is 15.6. The van der Waals surface area contributed by atoms with Crippen LogP contribution in [0.15, 0.2) is 96.6 Å². The molecule has 1 aliphatic heterocycles. The van der Waals surface area contributed by atoms with Crippen molar-refractivity contribution in [3.05, 3.63) is 108 Å². The summed E-state index contributed by atoms with van der Waals surface area (Å²) in [5.74, 6) is 6.84. The molecule has 162 valence electrons. The molecule has 1 heterocycles. The van der Waals surface area contributed by atoms with Crippen LogP contribution in [0.25, 0.3) is 0 Å². The standard InChI is InChI=1S/C29H24N2O2/c1-28(2)24(15-14-22-10-6-4-7-11-22)20-29(21-30,23-12-8-5-9-13-23)31(27(28)32)25-16-18-26(33-3)19-17-25/h4-13,16-20H,1-3H3. The number of hydrogen-bond donors (Lipinski definition) is 0. The highest BCUT2D eigenvalue weighted by Gasteiger charge is 2.51. The minimum Gasteiger partial charge on any atom is -0.497 e. The lowest BCUT2D eigenvalue weighted by Crippen LogP contribution is -2.56. The normalized spacial score (nSPS) is 19.0. The van der Waals surface area contributed by atoms with Gasteiger partial charge in [-0.2, -0.15) is 5.26 Å². The molecule has 0 saturated heterocycles. The Hall–Kier alpha value is -4.28. The summed E-state index contributed by atoms with van der Waals surface area (Å²) in [6, 6.07) is 28.6. The predicted molar refractivity (Wildman–Crippen MR) is 129 cm³/mol. The molecule has 3 aromatic carbocycles. The summed E-state index contributed by atoms with van der Waals surface area (Å²) >= 11 is 0. The number of hydrogen-bond acceptors (Lipinski definition) is 3. The molecule has 0 fully saturated rings. The van der Waals surface area contributed by atoms with Crippen molar-refractivity contribution in [2.24, 2.45) is 5.41 Å². The van der Waals surface area contributed by atoms with Gasteiger partial charge in [0.1, 0.15) is 11.8 Å². The van der Waals surface area contributed by atoms with Crippen molar-refractivity contribution < 1.29 is 9.53 Å². The van der Waals surface area contributed by atoms with Crippen molar-refractivity contribution >= 4 is 11.6 Å². The first-order valence-corrected chi connectivity index (χ1v) is 10.7. The largest absolute Gasteiger partial charge is 0.497 e. The zero-order valence-corrected chi connectivity index (χ0v) is 18.9. The molecule has 3 aromatic rings. The van der Waals surface area contributed by atoms with Gasteiger partial charge >= 0.3 is 0 Å². The molecule has 0 aromatic heterocycles. The summed E-state index contributed by atoms with van der Waals surface area (Å²) < 4.78 is 5.28. The van der Waals surface area contributed by atoms with E-state index in [0.717, 1.165) is 5.56 Å². The maximum absolute atomic E-state index is 14.0. The van der Waals surface area contributed by atoms with Crippen molar-refractivity contribution in [1.29, 1.82) is 5.26 Å². The van der Waals surface area contributed by atoms with E-state index in [2.05, 4.69) is 17.9 Å². The molecule has 0 spiro atoms. The number of nitrogens with zero attached hydrogens (tertiary/aromatic N) is 2. The van der Waals surface area contributed by atoms with Gasteiger partial charge in [-0.05, 0) is 61.9 Å². The number of amides is 1. The lowest BCUT2D eigenvalue weighted by molar-refractivity contribution is -0.126. The van der Waals surface area contributed by atoms with Crippen LogP contribution >= 0.6 is 0 Å². The van der Waals surface area contributed by atoms with E-state index in [0.29, 0.717) is 22.6 Å². The van der Waals surface area contributed by atoms with Gasteiger partial charge in [0.15, 0.2) is 5.54 Å². The Kier molecular flexibility index (Phi) is 5.78. The van der Waals surface area contributed by atoms with E-state index in [4.69, 9.17) is 4.74 Å². The predicted octanol–water partition coefficient (Wildman–Crippen LogP) is 5.47. The molecule has 4 rings (SSSR count). The van der Waals surface area contributed by atoms with Gasteiger partial charge in [-0.1, -0.05) is 60.4 Å². The first kappa shape index (κ1) is 21.9. The fourth-order valence-corrected chi connectivity index (χ4v) is 3.97. The molecule has 1 unspecified atom stereocenters. The molecule has 4 nitrogen and oxygen atoms in total. The molecule has 0 radical (unpaired) electrons. The van der Waals surface area contributed by atoms with Gasteiger partial charge in [0.05, 0.1) is 12.5 Å². The number of benzene rings is 3. The number of nitriles is 1. The smallest absolute Gasteiger partial charge is 0.239 e. The number of methoxy groups -OCH3 is 1. The summed E-state index contributed by atoms with van der Waals surface area (Å²) in [7, 11) is 1.59. The van der Waals surface area contributed by atoms with Crippen molar-refractivity contribution in [3.8, 4) is 23.7 Å². The molecule has 1 aliphatic rings. The first-order valence-electron chi connectivity index (χ1n) is 10.7. The number of ether oxygens (including phenoxy) is 1. The fourth-order valence-electron chi connectivity index (χ4n) is 3.97. The molecule has 33 heavy (non-hydrogen) atoms. The van der Waals surface area contributed by atoms with E-state index >= 15 is 0 Å². The van der Waals surface area contributed by atoms with Crippen LogP contribution in [0.3, 0.4) is 0 Å². The summed E-state index contributed by atoms with van der Waals surface area (Å²) in [6.07, 6.45) is 1.84. The van der Waals surface area contributed by atoms with Crippen LogP contribution < -0.4 is 9.64 Å². The van der Waals surface area contributed by atoms with Crippen LogP contribution in [0.2, 0.25) is 0 Å². The van der Waals surface area contributed by atoms with Gasteiger partial charge in [0.2, 0.25) is 5.91 Å². The van der Waals surface area contributed by atoms with Crippen LogP contribution in [0.5, 0.6) is 5.75 Å². The topological polar surface area (TPSA) is 53.3 Å². The Balaban J connectivity index is 1.96. The molecular weight excluding hydrogens is 408 g/mol. The van der Waals surface area contributed by atoms with E-state index in [-0.39, 0.29) is 5.91 Å². The molecule has 0 bridgehead atoms. The van der Waals surface area contributed by atoms with Gasteiger partial charge in [0, 0.05) is 16.8 Å². The fraction of sp³-hybridized carbons (Fsp3) is 0.172. The first-order chi connectivity index (χ1) is 15.9. The summed E-state index contributed by atoms with van der Waals surface area (Å²) in [5.41, 5.74) is 0.518. The maximum Gasteiger partial charge on any atom is 0.239 e. The second-order valence-electron chi connectivity index (χ2n) is 8.38. The highest BCUT2D eigenvalue weighted by atomic mass is 16.5. The van der Waals surface area contributed by atoms with Crippen LogP contribution in [0.1, 0.15) is 25.0 Å². The van der Waals surface area contributed by atoms with Gasteiger partial charge in [0.25, 0.3) is 0 Å². The van der Waals surface area contributed by atoms with E-state index in [9.17, 15) is 10.1 Å². The van der Waals surface area contributed by atoms with Gasteiger partial charge in [-0.15, -0.1) is 0 Å². The van der Waals surface area contributed by atoms with Gasteiger partial charge in [-0.3, -0.25) is 9.69 Å². The van der Waals surface area contributed by atoms with Gasteiger partial charge in [-0.25, -0.2) is 0 Å². The van der Waals surface area contributed by atoms with Crippen molar-refractivity contribution in [3.63, 3.8) is 0 Å². The minimum atomic E-state index is -1.34. The second-order valence-corrected chi connectivity index (χ2v) is 8.38. The van der Waals surface area contributed by atoms with Crippen molar-refractivity contribution in [2.75, 3.05) is 12.0 Å². The Morgan fingerprint density at radius 3 is 2.03 bits per heavy atom. The van der Waals surface area contributed by atoms with Gasteiger partial charge < -0.3 is 4.74 Å². The third-order valence-electron chi connectivity index (χ3n) is 5.95. The zero-order chi connectivity index (χ0) is 23.5. The Bertz CT molecular complexity index is 1290. The van der Waals surface area contributed by atoms with Crippen LogP contribution in [0.4, 0.5) is 5.69 Å². The minimum absolute atomic E-state index is 0.196. The van der Waals surface area contributed by atoms with E-state index in [1.54, 1.807) is 36.3 Å². The monoisotopic (exact) mass is 432 g/mol. The average Bonchev–Trinajstić information content (AvgIpc) is 2.86. The molecule has 4 heteroatoms. The van der Waals surface area contributed by atoms with Crippen LogP contribution in [-0.2, 0) is 10.3 Å². The maximum atomic E-state index is 14.0. The van der Waals surface area contributed by atoms with E-state index in [1.807, 2.05) is 80.6 Å². The average molecular weight is 433 g/mol. The molecule has 0 aliphatic carbocycles. The third kappa shape index (κ3) is 3.88. The highest BCUT2D eigenvalue weighted by Crippen LogP contribution is 2.46.